The Morgan fingerprint density at radius 1 is 1.24 bits per heavy atom. The summed E-state index contributed by atoms with van der Waals surface area (Å²) >= 11 is 2.56. The second-order valence-corrected chi connectivity index (χ2v) is 9.01. The number of benzene rings is 1. The lowest BCUT2D eigenvalue weighted by Gasteiger charge is -2.22. The molecule has 0 unspecified atom stereocenters. The highest BCUT2D eigenvalue weighted by molar-refractivity contribution is 8.01. The van der Waals surface area contributed by atoms with Crippen LogP contribution < -0.4 is 15.6 Å². The quantitative estimate of drug-likeness (QED) is 0.599. The summed E-state index contributed by atoms with van der Waals surface area (Å²) in [6, 6.07) is 7.33. The molecule has 1 N–H and O–H groups in total. The van der Waals surface area contributed by atoms with Crippen LogP contribution >= 0.6 is 23.1 Å². The number of aromatic nitrogens is 4. The number of fused-ring (bicyclic) bond motifs is 1. The molecule has 2 aromatic heterocycles. The van der Waals surface area contributed by atoms with E-state index < -0.39 is 0 Å². The maximum absolute atomic E-state index is 12.8. The molecule has 3 aromatic rings. The van der Waals surface area contributed by atoms with Gasteiger partial charge in [-0.1, -0.05) is 42.4 Å². The summed E-state index contributed by atoms with van der Waals surface area (Å²) in [5.41, 5.74) is 0.531. The number of methoxy groups -OCH3 is 1. The van der Waals surface area contributed by atoms with Gasteiger partial charge >= 0.3 is 5.56 Å². The third-order valence-corrected chi connectivity index (χ3v) is 6.86. The van der Waals surface area contributed by atoms with Gasteiger partial charge in [0.05, 0.1) is 12.9 Å². The van der Waals surface area contributed by atoms with Crippen molar-refractivity contribution in [1.82, 2.24) is 25.1 Å². The van der Waals surface area contributed by atoms with Crippen molar-refractivity contribution >= 4 is 34.0 Å². The van der Waals surface area contributed by atoms with Crippen molar-refractivity contribution in [3.8, 4) is 17.0 Å². The van der Waals surface area contributed by atoms with Gasteiger partial charge in [-0.05, 0) is 37.1 Å². The number of hydrogen-bond acceptors (Lipinski definition) is 8. The first-order valence-corrected chi connectivity index (χ1v) is 11.3. The van der Waals surface area contributed by atoms with Gasteiger partial charge in [-0.2, -0.15) is 4.52 Å². The van der Waals surface area contributed by atoms with Crippen LogP contribution in [0.15, 0.2) is 33.4 Å². The van der Waals surface area contributed by atoms with Gasteiger partial charge in [-0.25, -0.2) is 0 Å². The molecule has 29 heavy (non-hydrogen) atoms. The molecule has 0 aliphatic heterocycles. The Bertz CT molecular complexity index is 1060. The predicted molar refractivity (Wildman–Crippen MR) is 113 cm³/mol. The molecule has 1 aliphatic carbocycles. The fraction of sp³-hybridized carbons (Fsp3) is 0.421. The molecule has 152 valence electrons. The van der Waals surface area contributed by atoms with Crippen molar-refractivity contribution in [2.45, 2.75) is 42.5 Å². The Morgan fingerprint density at radius 2 is 2.00 bits per heavy atom. The Balaban J connectivity index is 1.46. The Morgan fingerprint density at radius 3 is 2.72 bits per heavy atom. The Hall–Kier alpha value is -2.46. The molecule has 10 heteroatoms. The van der Waals surface area contributed by atoms with Crippen LogP contribution in [0.4, 0.5) is 0 Å². The van der Waals surface area contributed by atoms with Crippen LogP contribution in [0.25, 0.3) is 16.2 Å². The molecule has 0 radical (unpaired) electrons. The minimum atomic E-state index is -0.338. The molecule has 0 saturated heterocycles. The van der Waals surface area contributed by atoms with E-state index in [-0.39, 0.29) is 29.0 Å². The maximum Gasteiger partial charge on any atom is 0.302 e. The molecule has 2 heterocycles. The summed E-state index contributed by atoms with van der Waals surface area (Å²) in [6.45, 7) is 0. The van der Waals surface area contributed by atoms with Gasteiger partial charge < -0.3 is 10.1 Å². The molecule has 1 aromatic carbocycles. The lowest BCUT2D eigenvalue weighted by molar-refractivity contribution is -0.119. The smallest absolute Gasteiger partial charge is 0.302 e. The van der Waals surface area contributed by atoms with Crippen LogP contribution in [0, 0.1) is 0 Å². The second-order valence-electron chi connectivity index (χ2n) is 6.84. The van der Waals surface area contributed by atoms with Crippen molar-refractivity contribution in [3.05, 3.63) is 34.6 Å². The lowest BCUT2D eigenvalue weighted by Crippen LogP contribution is -2.37. The van der Waals surface area contributed by atoms with Crippen LogP contribution in [-0.2, 0) is 4.79 Å². The molecule has 0 atom stereocenters. The molecule has 0 spiro atoms. The number of carbonyl (C=O) groups excluding carboxylic acids is 1. The maximum atomic E-state index is 12.8. The third-order valence-electron chi connectivity index (χ3n) is 4.83. The Labute approximate surface area is 175 Å². The molecular weight excluding hydrogens is 410 g/mol. The molecule has 1 amide bonds. The summed E-state index contributed by atoms with van der Waals surface area (Å²) in [6.07, 6.45) is 5.70. The van der Waals surface area contributed by atoms with Crippen molar-refractivity contribution < 1.29 is 9.53 Å². The number of thioether (sulfide) groups is 1. The number of ether oxygens (including phenoxy) is 1. The third kappa shape index (κ3) is 4.59. The minimum absolute atomic E-state index is 0.00138. The minimum Gasteiger partial charge on any atom is -0.497 e. The fourth-order valence-electron chi connectivity index (χ4n) is 3.33. The van der Waals surface area contributed by atoms with Crippen LogP contribution in [0.3, 0.4) is 0 Å². The average Bonchev–Trinajstić information content (AvgIpc) is 3.18. The number of carbonyl (C=O) groups is 1. The summed E-state index contributed by atoms with van der Waals surface area (Å²) in [7, 11) is 1.58. The highest BCUT2D eigenvalue weighted by atomic mass is 32.2. The van der Waals surface area contributed by atoms with Crippen molar-refractivity contribution in [1.29, 1.82) is 0 Å². The van der Waals surface area contributed by atoms with Crippen molar-refractivity contribution in [2.75, 3.05) is 12.9 Å². The zero-order valence-electron chi connectivity index (χ0n) is 16.0. The summed E-state index contributed by atoms with van der Waals surface area (Å²) in [5, 5.41) is 15.6. The van der Waals surface area contributed by atoms with E-state index >= 15 is 0 Å². The van der Waals surface area contributed by atoms with E-state index in [1.54, 1.807) is 31.4 Å². The normalized spacial score (nSPS) is 14.8. The number of rotatable bonds is 6. The van der Waals surface area contributed by atoms with Crippen molar-refractivity contribution in [3.63, 3.8) is 0 Å². The Kier molecular flexibility index (Phi) is 6.10. The van der Waals surface area contributed by atoms with E-state index in [1.807, 2.05) is 0 Å². The van der Waals surface area contributed by atoms with Crippen LogP contribution in [-0.4, -0.2) is 44.6 Å². The molecule has 1 fully saturated rings. The van der Waals surface area contributed by atoms with Crippen molar-refractivity contribution in [2.24, 2.45) is 0 Å². The van der Waals surface area contributed by atoms with Gasteiger partial charge in [-0.15, -0.1) is 15.3 Å². The van der Waals surface area contributed by atoms with Gasteiger partial charge in [-0.3, -0.25) is 9.59 Å². The molecular formula is C19H21N5O3S2. The van der Waals surface area contributed by atoms with E-state index in [0.29, 0.717) is 20.6 Å². The molecule has 1 aliphatic rings. The zero-order chi connectivity index (χ0) is 20.2. The van der Waals surface area contributed by atoms with E-state index in [9.17, 15) is 9.59 Å². The average molecular weight is 432 g/mol. The van der Waals surface area contributed by atoms with Crippen LogP contribution in [0.5, 0.6) is 5.75 Å². The highest BCUT2D eigenvalue weighted by Crippen LogP contribution is 2.24. The van der Waals surface area contributed by atoms with Gasteiger partial charge in [0.2, 0.25) is 10.9 Å². The summed E-state index contributed by atoms with van der Waals surface area (Å²) < 4.78 is 7.00. The largest absolute Gasteiger partial charge is 0.497 e. The molecule has 8 nitrogen and oxygen atoms in total. The summed E-state index contributed by atoms with van der Waals surface area (Å²) in [4.78, 5) is 25.4. The molecule has 1 saturated carbocycles. The van der Waals surface area contributed by atoms with E-state index in [4.69, 9.17) is 4.74 Å². The molecule has 4 rings (SSSR count). The number of amides is 1. The number of hydrogen-bond donors (Lipinski definition) is 1. The summed E-state index contributed by atoms with van der Waals surface area (Å²) in [5.74, 6) is 0.962. The predicted octanol–water partition coefficient (Wildman–Crippen LogP) is 2.76. The first-order valence-electron chi connectivity index (χ1n) is 9.47. The zero-order valence-corrected chi connectivity index (χ0v) is 17.6. The van der Waals surface area contributed by atoms with Gasteiger partial charge in [0.1, 0.15) is 5.75 Å². The van der Waals surface area contributed by atoms with Gasteiger partial charge in [0.25, 0.3) is 0 Å². The van der Waals surface area contributed by atoms with Crippen LogP contribution in [0.2, 0.25) is 0 Å². The standard InChI is InChI=1S/C19H21N5O3S2/c1-27-14-9-7-12(8-10-14)16-17(26)24-18(22-21-16)29-19(23-24)28-11-15(25)20-13-5-3-2-4-6-13/h7-10,13H,2-6,11H2,1H3,(H,20,25). The number of nitrogens with one attached hydrogen (secondary N) is 1. The lowest BCUT2D eigenvalue weighted by atomic mass is 9.95. The van der Waals surface area contributed by atoms with E-state index in [2.05, 4.69) is 20.6 Å². The fourth-order valence-corrected chi connectivity index (χ4v) is 5.01. The molecule has 0 bridgehead atoms. The monoisotopic (exact) mass is 431 g/mol. The van der Waals surface area contributed by atoms with Crippen LogP contribution in [0.1, 0.15) is 32.1 Å². The first-order chi connectivity index (χ1) is 14.1. The van der Waals surface area contributed by atoms with E-state index in [0.717, 1.165) is 12.8 Å². The number of nitrogens with zero attached hydrogens (tertiary/aromatic N) is 4. The van der Waals surface area contributed by atoms with Gasteiger partial charge in [0, 0.05) is 11.6 Å². The van der Waals surface area contributed by atoms with Gasteiger partial charge in [0.15, 0.2) is 10.0 Å². The first kappa shape index (κ1) is 19.8. The topological polar surface area (TPSA) is 98.5 Å². The van der Waals surface area contributed by atoms with E-state index in [1.165, 1.54) is 46.9 Å². The second kappa shape index (κ2) is 8.91. The highest BCUT2D eigenvalue weighted by Gasteiger charge is 2.17. The SMILES string of the molecule is COc1ccc(-c2nnc3sc(SCC(=O)NC4CCCCC4)nn3c2=O)cc1.